The largest absolute Gasteiger partial charge is 0.370 e. The van der Waals surface area contributed by atoms with Gasteiger partial charge in [0, 0.05) is 6.42 Å². The van der Waals surface area contributed by atoms with Gasteiger partial charge in [0.25, 0.3) is 0 Å². The molecule has 0 saturated carbocycles. The third kappa shape index (κ3) is 2.45. The van der Waals surface area contributed by atoms with Crippen molar-refractivity contribution in [2.45, 2.75) is 12.8 Å². The fourth-order valence-electron chi connectivity index (χ4n) is 0.988. The predicted molar refractivity (Wildman–Crippen MR) is 43.8 cm³/mol. The number of hydrogen-bond acceptors (Lipinski definition) is 1. The average molecular weight is 222 g/mol. The average Bonchev–Trinajstić information content (AvgIpc) is 2.23. The summed E-state index contributed by atoms with van der Waals surface area (Å²) in [5, 5.41) is 0. The van der Waals surface area contributed by atoms with Gasteiger partial charge in [0.15, 0.2) is 23.3 Å². The first-order valence-corrected chi connectivity index (χ1v) is 3.96. The summed E-state index contributed by atoms with van der Waals surface area (Å²) in [5.74, 6) is -8.29. The zero-order valence-electron chi connectivity index (χ0n) is 8.41. The highest BCUT2D eigenvalue weighted by atomic mass is 19.2. The Morgan fingerprint density at radius 3 is 2.40 bits per heavy atom. The second-order valence-electron chi connectivity index (χ2n) is 2.83. The molecular weight excluding hydrogens is 214 g/mol. The number of halogens is 4. The minimum absolute atomic E-state index is 0.382. The van der Waals surface area contributed by atoms with Crippen molar-refractivity contribution in [1.82, 2.24) is 0 Å². The molecule has 0 aliphatic heterocycles. The number of benzene rings is 1. The van der Waals surface area contributed by atoms with Gasteiger partial charge in [-0.2, -0.15) is 0 Å². The van der Waals surface area contributed by atoms with Crippen molar-refractivity contribution in [1.29, 1.82) is 0 Å². The molecule has 0 atom stereocenters. The van der Waals surface area contributed by atoms with Gasteiger partial charge in [0.2, 0.25) is 5.91 Å². The summed E-state index contributed by atoms with van der Waals surface area (Å²) in [6.45, 7) is 0. The number of carbonyl (C=O) groups is 1. The minimum Gasteiger partial charge on any atom is -0.370 e. The van der Waals surface area contributed by atoms with Crippen LogP contribution in [0.3, 0.4) is 0 Å². The van der Waals surface area contributed by atoms with Gasteiger partial charge in [0.1, 0.15) is 0 Å². The van der Waals surface area contributed by atoms with Gasteiger partial charge < -0.3 is 5.73 Å². The van der Waals surface area contributed by atoms with Crippen LogP contribution < -0.4 is 5.73 Å². The number of amides is 1. The van der Waals surface area contributed by atoms with Crippen molar-refractivity contribution >= 4 is 5.91 Å². The lowest BCUT2D eigenvalue weighted by Crippen LogP contribution is -2.12. The van der Waals surface area contributed by atoms with Gasteiger partial charge in [-0.05, 0) is 18.0 Å². The molecule has 6 heteroatoms. The molecule has 1 amide bonds. The molecule has 0 heterocycles. The number of primary amides is 1. The zero-order chi connectivity index (χ0) is 12.5. The standard InChI is InChI=1S/C9H7F4NO/c10-5-3-4(1-2-6(14)15)7(11)9(13)8(5)12/h3H,1-2H2,(H2,14,15)/i3D. The quantitative estimate of drug-likeness (QED) is 0.471. The molecule has 0 aliphatic rings. The van der Waals surface area contributed by atoms with E-state index in [9.17, 15) is 22.4 Å². The van der Waals surface area contributed by atoms with Crippen LogP contribution in [-0.2, 0) is 11.2 Å². The van der Waals surface area contributed by atoms with Crippen LogP contribution in [0, 0.1) is 23.3 Å². The molecule has 0 aromatic heterocycles. The third-order valence-electron chi connectivity index (χ3n) is 1.73. The summed E-state index contributed by atoms with van der Waals surface area (Å²) in [4.78, 5) is 10.4. The lowest BCUT2D eigenvalue weighted by atomic mass is 10.1. The molecule has 1 aromatic rings. The van der Waals surface area contributed by atoms with Gasteiger partial charge >= 0.3 is 0 Å². The molecule has 2 nitrogen and oxygen atoms in total. The molecular formula is C9H7F4NO. The van der Waals surface area contributed by atoms with E-state index in [4.69, 9.17) is 7.10 Å². The molecule has 0 unspecified atom stereocenters. The van der Waals surface area contributed by atoms with E-state index in [2.05, 4.69) is 0 Å². The number of carbonyl (C=O) groups excluding carboxylic acids is 1. The Bertz CT molecular complexity index is 421. The molecule has 1 aromatic carbocycles. The highest BCUT2D eigenvalue weighted by Crippen LogP contribution is 2.19. The fraction of sp³-hybridized carbons (Fsp3) is 0.222. The first kappa shape index (κ1) is 9.95. The van der Waals surface area contributed by atoms with E-state index in [1.165, 1.54) is 0 Å². The van der Waals surface area contributed by atoms with Gasteiger partial charge in [-0.1, -0.05) is 0 Å². The molecule has 0 aliphatic carbocycles. The molecule has 0 radical (unpaired) electrons. The second-order valence-corrected chi connectivity index (χ2v) is 2.83. The summed E-state index contributed by atoms with van der Waals surface area (Å²) < 4.78 is 58.4. The third-order valence-corrected chi connectivity index (χ3v) is 1.73. The van der Waals surface area contributed by atoms with Gasteiger partial charge in [-0.3, -0.25) is 4.79 Å². The predicted octanol–water partition coefficient (Wildman–Crippen LogP) is 1.66. The molecule has 2 N–H and O–H groups in total. The maximum atomic E-state index is 13.1. The van der Waals surface area contributed by atoms with Gasteiger partial charge in [-0.25, -0.2) is 17.6 Å². The van der Waals surface area contributed by atoms with Crippen molar-refractivity contribution in [2.24, 2.45) is 5.73 Å². The smallest absolute Gasteiger partial charge is 0.217 e. The summed E-state index contributed by atoms with van der Waals surface area (Å²) in [7, 11) is 0. The van der Waals surface area contributed by atoms with Crippen molar-refractivity contribution < 1.29 is 23.7 Å². The monoisotopic (exact) mass is 222 g/mol. The zero-order valence-corrected chi connectivity index (χ0v) is 7.41. The van der Waals surface area contributed by atoms with Crippen LogP contribution in [0.25, 0.3) is 0 Å². The topological polar surface area (TPSA) is 43.1 Å². The summed E-state index contributed by atoms with van der Waals surface area (Å²) >= 11 is 0. The Morgan fingerprint density at radius 1 is 1.27 bits per heavy atom. The highest BCUT2D eigenvalue weighted by Gasteiger charge is 2.18. The fourth-order valence-corrected chi connectivity index (χ4v) is 0.988. The van der Waals surface area contributed by atoms with Crippen LogP contribution in [-0.4, -0.2) is 5.91 Å². The van der Waals surface area contributed by atoms with Crippen LogP contribution >= 0.6 is 0 Å². The number of nitrogens with two attached hydrogens (primary N) is 1. The van der Waals surface area contributed by atoms with Crippen molar-refractivity contribution in [3.8, 4) is 0 Å². The summed E-state index contributed by atoms with van der Waals surface area (Å²) in [6.07, 6.45) is -0.832. The van der Waals surface area contributed by atoms with E-state index in [1.807, 2.05) is 0 Å². The first-order chi connectivity index (χ1) is 7.36. The Balaban J connectivity index is 3.23. The number of rotatable bonds is 3. The van der Waals surface area contributed by atoms with Crippen molar-refractivity contribution in [2.75, 3.05) is 0 Å². The Kier molecular flexibility index (Phi) is 2.84. The molecule has 0 saturated heterocycles. The lowest BCUT2D eigenvalue weighted by Gasteiger charge is -2.04. The van der Waals surface area contributed by atoms with E-state index in [1.54, 1.807) is 0 Å². The normalized spacial score (nSPS) is 11.3. The van der Waals surface area contributed by atoms with E-state index in [0.29, 0.717) is 0 Å². The molecule has 0 bridgehead atoms. The Hall–Kier alpha value is -1.59. The van der Waals surface area contributed by atoms with Crippen LogP contribution in [0.4, 0.5) is 17.6 Å². The van der Waals surface area contributed by atoms with E-state index < -0.39 is 47.2 Å². The van der Waals surface area contributed by atoms with Crippen LogP contribution in [0.15, 0.2) is 6.04 Å². The van der Waals surface area contributed by atoms with Crippen molar-refractivity contribution in [3.05, 3.63) is 34.9 Å². The molecule has 0 fully saturated rings. The summed E-state index contributed by atoms with van der Waals surface area (Å²) in [5.41, 5.74) is 4.06. The van der Waals surface area contributed by atoms with Gasteiger partial charge in [-0.15, -0.1) is 0 Å². The maximum Gasteiger partial charge on any atom is 0.217 e. The van der Waals surface area contributed by atoms with E-state index >= 15 is 0 Å². The van der Waals surface area contributed by atoms with Crippen LogP contribution in [0.1, 0.15) is 13.4 Å². The maximum absolute atomic E-state index is 13.1. The molecule has 1 rings (SSSR count). The van der Waals surface area contributed by atoms with Crippen LogP contribution in [0.2, 0.25) is 0 Å². The van der Waals surface area contributed by atoms with E-state index in [-0.39, 0.29) is 6.42 Å². The van der Waals surface area contributed by atoms with Gasteiger partial charge in [0.05, 0.1) is 1.37 Å². The molecule has 15 heavy (non-hydrogen) atoms. The Morgan fingerprint density at radius 2 is 1.87 bits per heavy atom. The minimum atomic E-state index is -2.04. The van der Waals surface area contributed by atoms with Crippen molar-refractivity contribution in [3.63, 3.8) is 0 Å². The van der Waals surface area contributed by atoms with E-state index in [0.717, 1.165) is 0 Å². The summed E-state index contributed by atoms with van der Waals surface area (Å²) in [6, 6.07) is -1.10. The lowest BCUT2D eigenvalue weighted by molar-refractivity contribution is -0.118. The second kappa shape index (κ2) is 4.29. The number of hydrogen-bond donors (Lipinski definition) is 1. The SMILES string of the molecule is [2H]c1c(F)c(F)c(F)c(F)c1CCC(N)=O. The first-order valence-electron chi connectivity index (χ1n) is 4.46. The highest BCUT2D eigenvalue weighted by molar-refractivity contribution is 5.74. The van der Waals surface area contributed by atoms with Crippen LogP contribution in [0.5, 0.6) is 0 Å². The Labute approximate surface area is 84.1 Å². The molecule has 0 spiro atoms. The molecule has 82 valence electrons.